The molecule has 0 saturated heterocycles. The maximum atomic E-state index is 12.5. The van der Waals surface area contributed by atoms with Gasteiger partial charge in [0.2, 0.25) is 0 Å². The molecule has 0 aliphatic carbocycles. The molecule has 0 bridgehead atoms. The number of nitrogens with zero attached hydrogens (tertiary/aromatic N) is 1. The lowest BCUT2D eigenvalue weighted by Gasteiger charge is -2.14. The van der Waals surface area contributed by atoms with Crippen molar-refractivity contribution in [2.75, 3.05) is 25.6 Å². The first-order valence-corrected chi connectivity index (χ1v) is 10.6. The summed E-state index contributed by atoms with van der Waals surface area (Å²) >= 11 is 5.36. The summed E-state index contributed by atoms with van der Waals surface area (Å²) < 4.78 is 17.2. The van der Waals surface area contributed by atoms with Crippen LogP contribution in [0.15, 0.2) is 46.4 Å². The number of esters is 1. The molecule has 1 amide bonds. The molecule has 0 saturated carbocycles. The van der Waals surface area contributed by atoms with Gasteiger partial charge >= 0.3 is 5.97 Å². The summed E-state index contributed by atoms with van der Waals surface area (Å²) in [6.45, 7) is 1.92. The minimum Gasteiger partial charge on any atom is -0.490 e. The molecule has 9 heteroatoms. The zero-order chi connectivity index (χ0) is 22.1. The summed E-state index contributed by atoms with van der Waals surface area (Å²) in [5.41, 5.74) is 1.08. The van der Waals surface area contributed by atoms with Crippen LogP contribution in [0.25, 0.3) is 6.08 Å². The van der Waals surface area contributed by atoms with E-state index in [0.29, 0.717) is 32.9 Å². The highest BCUT2D eigenvalue weighted by atomic mass is 127. The lowest BCUT2D eigenvalue weighted by atomic mass is 10.1. The van der Waals surface area contributed by atoms with Crippen molar-refractivity contribution in [2.24, 2.45) is 0 Å². The predicted octanol–water partition coefficient (Wildman–Crippen LogP) is 4.55. The van der Waals surface area contributed by atoms with E-state index in [2.05, 4.69) is 26.0 Å². The van der Waals surface area contributed by atoms with Gasteiger partial charge in [-0.05, 0) is 77.6 Å². The Labute approximate surface area is 196 Å². The van der Waals surface area contributed by atoms with Gasteiger partial charge in [0, 0.05) is 10.2 Å². The fourth-order valence-corrected chi connectivity index (χ4v) is 3.36. The Bertz CT molecular complexity index is 1000. The molecule has 7 nitrogen and oxygen atoms in total. The predicted molar refractivity (Wildman–Crippen MR) is 124 cm³/mol. The lowest BCUT2D eigenvalue weighted by molar-refractivity contribution is -0.142. The van der Waals surface area contributed by atoms with Crippen molar-refractivity contribution in [1.82, 2.24) is 0 Å². The third-order valence-electron chi connectivity index (χ3n) is 3.67. The van der Waals surface area contributed by atoms with E-state index in [4.69, 9.17) is 9.47 Å². The van der Waals surface area contributed by atoms with E-state index in [0.717, 1.165) is 4.47 Å². The van der Waals surface area contributed by atoms with Crippen LogP contribution < -0.4 is 14.8 Å². The van der Waals surface area contributed by atoms with Gasteiger partial charge in [-0.1, -0.05) is 15.9 Å². The van der Waals surface area contributed by atoms with Gasteiger partial charge in [0.15, 0.2) is 18.1 Å². The van der Waals surface area contributed by atoms with E-state index in [1.807, 2.05) is 35.6 Å². The molecule has 0 aliphatic heterocycles. The second-order valence-corrected chi connectivity index (χ2v) is 7.84. The second kappa shape index (κ2) is 11.6. The van der Waals surface area contributed by atoms with Gasteiger partial charge in [0.05, 0.1) is 17.3 Å². The third kappa shape index (κ3) is 6.74. The molecule has 0 spiro atoms. The molecule has 2 aromatic carbocycles. The van der Waals surface area contributed by atoms with Crippen LogP contribution in [0.2, 0.25) is 0 Å². The average Bonchev–Trinajstić information content (AvgIpc) is 2.72. The number of rotatable bonds is 8. The largest absolute Gasteiger partial charge is 0.490 e. The van der Waals surface area contributed by atoms with E-state index >= 15 is 0 Å². The van der Waals surface area contributed by atoms with Crippen LogP contribution in [-0.4, -0.2) is 32.2 Å². The fourth-order valence-electron chi connectivity index (χ4n) is 2.31. The summed E-state index contributed by atoms with van der Waals surface area (Å²) in [5.74, 6) is -0.268. The average molecular weight is 585 g/mol. The van der Waals surface area contributed by atoms with Crippen LogP contribution in [0.1, 0.15) is 12.5 Å². The van der Waals surface area contributed by atoms with Crippen molar-refractivity contribution < 1.29 is 23.8 Å². The van der Waals surface area contributed by atoms with Gasteiger partial charge in [-0.3, -0.25) is 4.79 Å². The Kier molecular flexibility index (Phi) is 9.14. The quantitative estimate of drug-likeness (QED) is 0.212. The minimum atomic E-state index is -0.529. The van der Waals surface area contributed by atoms with Crippen LogP contribution >= 0.6 is 38.5 Å². The van der Waals surface area contributed by atoms with Crippen molar-refractivity contribution in [3.63, 3.8) is 0 Å². The number of halogens is 2. The number of carbonyl (C=O) groups is 2. The number of methoxy groups -OCH3 is 1. The van der Waals surface area contributed by atoms with Crippen LogP contribution in [-0.2, 0) is 14.3 Å². The molecule has 30 heavy (non-hydrogen) atoms. The summed E-state index contributed by atoms with van der Waals surface area (Å²) in [6, 6.07) is 12.3. The van der Waals surface area contributed by atoms with E-state index in [-0.39, 0.29) is 12.2 Å². The SMILES string of the molecule is CCOc1cc(/C=C(\C#N)C(=O)Nc2ccc(Br)cc2)cc(I)c1OCC(=O)OC. The number of anilines is 1. The number of benzene rings is 2. The zero-order valence-electron chi connectivity index (χ0n) is 16.2. The zero-order valence-corrected chi connectivity index (χ0v) is 19.9. The number of nitrogens with one attached hydrogen (secondary N) is 1. The molecule has 1 N–H and O–H groups in total. The number of ether oxygens (including phenoxy) is 3. The Balaban J connectivity index is 2.30. The van der Waals surface area contributed by atoms with Gasteiger partial charge < -0.3 is 19.5 Å². The number of hydrogen-bond acceptors (Lipinski definition) is 6. The van der Waals surface area contributed by atoms with Crippen LogP contribution in [0.3, 0.4) is 0 Å². The molecule has 0 atom stereocenters. The third-order valence-corrected chi connectivity index (χ3v) is 5.00. The second-order valence-electron chi connectivity index (χ2n) is 5.76. The highest BCUT2D eigenvalue weighted by Gasteiger charge is 2.15. The number of carbonyl (C=O) groups excluding carboxylic acids is 2. The number of amides is 1. The first-order valence-electron chi connectivity index (χ1n) is 8.72. The normalized spacial score (nSPS) is 10.7. The van der Waals surface area contributed by atoms with Crippen LogP contribution in [0.4, 0.5) is 5.69 Å². The van der Waals surface area contributed by atoms with Gasteiger partial charge in [-0.25, -0.2) is 4.79 Å². The van der Waals surface area contributed by atoms with Gasteiger partial charge in [0.1, 0.15) is 11.6 Å². The minimum absolute atomic E-state index is 0.0700. The van der Waals surface area contributed by atoms with Crippen molar-refractivity contribution in [3.05, 3.63) is 55.6 Å². The molecule has 0 radical (unpaired) electrons. The van der Waals surface area contributed by atoms with Crippen molar-refractivity contribution in [3.8, 4) is 17.6 Å². The van der Waals surface area contributed by atoms with Crippen molar-refractivity contribution in [1.29, 1.82) is 5.26 Å². The molecule has 0 fully saturated rings. The maximum absolute atomic E-state index is 12.5. The highest BCUT2D eigenvalue weighted by molar-refractivity contribution is 14.1. The van der Waals surface area contributed by atoms with E-state index in [1.165, 1.54) is 13.2 Å². The molecule has 0 aromatic heterocycles. The van der Waals surface area contributed by atoms with Crippen molar-refractivity contribution >= 4 is 62.2 Å². The van der Waals surface area contributed by atoms with E-state index < -0.39 is 11.9 Å². The fraction of sp³-hybridized carbons (Fsp3) is 0.190. The molecule has 0 aliphatic rings. The maximum Gasteiger partial charge on any atom is 0.343 e. The molecule has 2 rings (SSSR count). The Morgan fingerprint density at radius 2 is 1.93 bits per heavy atom. The van der Waals surface area contributed by atoms with Crippen molar-refractivity contribution in [2.45, 2.75) is 6.92 Å². The molecule has 0 unspecified atom stereocenters. The molecular weight excluding hydrogens is 567 g/mol. The van der Waals surface area contributed by atoms with Gasteiger partial charge in [-0.2, -0.15) is 5.26 Å². The van der Waals surface area contributed by atoms with E-state index in [9.17, 15) is 14.9 Å². The number of hydrogen-bond donors (Lipinski definition) is 1. The smallest absolute Gasteiger partial charge is 0.343 e. The standard InChI is InChI=1S/C21H18BrIN2O5/c1-3-29-18-10-13(9-17(23)20(18)30-12-19(26)28-2)8-14(11-24)21(27)25-16-6-4-15(22)5-7-16/h4-10H,3,12H2,1-2H3,(H,25,27)/b14-8+. The van der Waals surface area contributed by atoms with Gasteiger partial charge in [-0.15, -0.1) is 0 Å². The van der Waals surface area contributed by atoms with Crippen LogP contribution in [0.5, 0.6) is 11.5 Å². The van der Waals surface area contributed by atoms with Gasteiger partial charge in [0.25, 0.3) is 5.91 Å². The summed E-state index contributed by atoms with van der Waals surface area (Å²) in [6.07, 6.45) is 1.46. The first-order chi connectivity index (χ1) is 14.4. The highest BCUT2D eigenvalue weighted by Crippen LogP contribution is 2.35. The first kappa shape index (κ1) is 23.7. The lowest BCUT2D eigenvalue weighted by Crippen LogP contribution is -2.14. The topological polar surface area (TPSA) is 97.6 Å². The molecule has 2 aromatic rings. The Morgan fingerprint density at radius 1 is 1.23 bits per heavy atom. The monoisotopic (exact) mass is 584 g/mol. The number of nitriles is 1. The molecular formula is C21H18BrIN2O5. The summed E-state index contributed by atoms with van der Waals surface area (Å²) in [5, 5.41) is 12.1. The van der Waals surface area contributed by atoms with Crippen LogP contribution in [0, 0.1) is 14.9 Å². The Hall–Kier alpha value is -2.58. The summed E-state index contributed by atoms with van der Waals surface area (Å²) in [7, 11) is 1.27. The Morgan fingerprint density at radius 3 is 2.53 bits per heavy atom. The molecule has 0 heterocycles. The molecule has 156 valence electrons. The van der Waals surface area contributed by atoms with E-state index in [1.54, 1.807) is 36.4 Å². The summed E-state index contributed by atoms with van der Waals surface area (Å²) in [4.78, 5) is 23.9.